The molecule has 6 rings (SSSR count). The number of methoxy groups -OCH3 is 6. The van der Waals surface area contributed by atoms with Gasteiger partial charge in [0.25, 0.3) is 0 Å². The molecular formula is C31H46O11. The molecule has 0 aromatic heterocycles. The Labute approximate surface area is 247 Å². The van der Waals surface area contributed by atoms with Crippen LogP contribution in [0.3, 0.4) is 0 Å². The molecule has 236 valence electrons. The topological polar surface area (TPSA) is 117 Å². The van der Waals surface area contributed by atoms with E-state index >= 15 is 0 Å². The van der Waals surface area contributed by atoms with Gasteiger partial charge in [0.1, 0.15) is 30.0 Å². The van der Waals surface area contributed by atoms with Crippen molar-refractivity contribution in [2.24, 2.45) is 28.6 Å². The zero-order valence-corrected chi connectivity index (χ0v) is 25.8. The highest BCUT2D eigenvalue weighted by Crippen LogP contribution is 2.79. The molecule has 0 N–H and O–H groups in total. The first-order valence-electron chi connectivity index (χ1n) is 15.0. The number of fused-ring (bicyclic) bond motifs is 1. The van der Waals surface area contributed by atoms with Gasteiger partial charge in [0, 0.05) is 47.4 Å². The highest BCUT2D eigenvalue weighted by atomic mass is 16.7. The van der Waals surface area contributed by atoms with E-state index in [0.717, 1.165) is 18.4 Å². The average Bonchev–Trinajstić information content (AvgIpc) is 3.43. The van der Waals surface area contributed by atoms with Gasteiger partial charge in [-0.3, -0.25) is 9.59 Å². The predicted octanol–water partition coefficient (Wildman–Crippen LogP) is 2.43. The Balaban J connectivity index is 1.39. The van der Waals surface area contributed by atoms with E-state index in [4.69, 9.17) is 42.6 Å². The quantitative estimate of drug-likeness (QED) is 0.289. The van der Waals surface area contributed by atoms with Gasteiger partial charge in [0.05, 0.1) is 36.8 Å². The van der Waals surface area contributed by atoms with Gasteiger partial charge in [-0.05, 0) is 56.4 Å². The van der Waals surface area contributed by atoms with Gasteiger partial charge >= 0.3 is 11.9 Å². The molecule has 4 aliphatic carbocycles. The smallest absolute Gasteiger partial charge is 0.315 e. The van der Waals surface area contributed by atoms with Crippen LogP contribution >= 0.6 is 0 Å². The summed E-state index contributed by atoms with van der Waals surface area (Å²) in [5.41, 5.74) is -1.83. The molecule has 42 heavy (non-hydrogen) atoms. The van der Waals surface area contributed by atoms with Crippen LogP contribution in [-0.2, 0) is 52.2 Å². The summed E-state index contributed by atoms with van der Waals surface area (Å²) in [5, 5.41) is 0. The molecule has 0 aromatic rings. The number of esters is 2. The van der Waals surface area contributed by atoms with Crippen molar-refractivity contribution in [1.82, 2.24) is 0 Å². The summed E-state index contributed by atoms with van der Waals surface area (Å²) in [6.07, 6.45) is 0.463. The van der Waals surface area contributed by atoms with Crippen LogP contribution in [0.15, 0.2) is 12.2 Å². The molecule has 11 heteroatoms. The maximum absolute atomic E-state index is 14.1. The first kappa shape index (κ1) is 30.4. The van der Waals surface area contributed by atoms with Crippen molar-refractivity contribution < 1.29 is 52.2 Å². The summed E-state index contributed by atoms with van der Waals surface area (Å²) in [7, 11) is 9.49. The third-order valence-electron chi connectivity index (χ3n) is 12.1. The Morgan fingerprint density at radius 3 is 2.33 bits per heavy atom. The fraction of sp³-hybridized carbons (Fsp3) is 0.871. The molecule has 0 aromatic carbocycles. The maximum atomic E-state index is 14.1. The van der Waals surface area contributed by atoms with Crippen LogP contribution in [0.25, 0.3) is 0 Å². The van der Waals surface area contributed by atoms with Crippen molar-refractivity contribution >= 4 is 11.9 Å². The fourth-order valence-corrected chi connectivity index (χ4v) is 10.5. The van der Waals surface area contributed by atoms with E-state index in [0.29, 0.717) is 25.7 Å². The Kier molecular flexibility index (Phi) is 7.60. The van der Waals surface area contributed by atoms with Gasteiger partial charge in [-0.25, -0.2) is 0 Å². The molecule has 0 amide bonds. The summed E-state index contributed by atoms with van der Waals surface area (Å²) >= 11 is 0. The number of ether oxygens (including phenoxy) is 9. The fourth-order valence-electron chi connectivity index (χ4n) is 10.5. The lowest BCUT2D eigenvalue weighted by molar-refractivity contribution is -0.331. The monoisotopic (exact) mass is 594 g/mol. The zero-order chi connectivity index (χ0) is 30.2. The molecule has 0 radical (unpaired) electrons. The molecule has 2 aliphatic heterocycles. The second kappa shape index (κ2) is 10.5. The number of hydrogen-bond acceptors (Lipinski definition) is 11. The van der Waals surface area contributed by atoms with Crippen molar-refractivity contribution in [3.8, 4) is 0 Å². The van der Waals surface area contributed by atoms with Crippen molar-refractivity contribution in [3.63, 3.8) is 0 Å². The van der Waals surface area contributed by atoms with Crippen LogP contribution < -0.4 is 0 Å². The Hall–Kier alpha value is -1.60. The van der Waals surface area contributed by atoms with Crippen LogP contribution in [0.5, 0.6) is 0 Å². The Morgan fingerprint density at radius 1 is 1.00 bits per heavy atom. The SMILES string of the molecule is C=C1C[C@]23C[C@@]1(OC)CC[C@H]2[C@@]12CC[C@@H](O[C@@H]4O[C@H](COC)[C@@H](OC)[C@H](OC)[C@H]4OC)C(C)(C(=O)O1)[C@H]2[C@@H]3C(=O)OC. The van der Waals surface area contributed by atoms with Crippen LogP contribution in [0.4, 0.5) is 0 Å². The molecule has 1 spiro atoms. The van der Waals surface area contributed by atoms with E-state index in [1.54, 1.807) is 35.5 Å². The summed E-state index contributed by atoms with van der Waals surface area (Å²) in [4.78, 5) is 27.9. The van der Waals surface area contributed by atoms with E-state index in [2.05, 4.69) is 6.58 Å². The second-order valence-corrected chi connectivity index (χ2v) is 13.3. The molecule has 6 aliphatic rings. The number of carbonyl (C=O) groups is 2. The van der Waals surface area contributed by atoms with Crippen molar-refractivity contribution in [2.45, 2.75) is 93.5 Å². The largest absolute Gasteiger partial charge is 0.469 e. The molecule has 13 atom stereocenters. The van der Waals surface area contributed by atoms with Crippen molar-refractivity contribution in [1.29, 1.82) is 0 Å². The molecular weight excluding hydrogens is 548 g/mol. The minimum absolute atomic E-state index is 0.00239. The molecule has 4 bridgehead atoms. The molecule has 6 fully saturated rings. The lowest BCUT2D eigenvalue weighted by atomic mass is 9.58. The third kappa shape index (κ3) is 3.71. The predicted molar refractivity (Wildman–Crippen MR) is 146 cm³/mol. The summed E-state index contributed by atoms with van der Waals surface area (Å²) < 4.78 is 54.1. The van der Waals surface area contributed by atoms with Crippen LogP contribution in [0, 0.1) is 28.6 Å². The average molecular weight is 595 g/mol. The van der Waals surface area contributed by atoms with E-state index in [1.807, 2.05) is 6.92 Å². The standard InChI is InChI=1S/C31H46O11/c1-16-13-29-15-30(16,39-8)11-9-18(29)31-12-10-19(28(2,27(33)42-31)24(31)20(29)25(32)38-7)41-26-23(37-6)22(36-5)21(35-4)17(40-26)14-34-3/h17-24,26H,1,9-15H2,2-8H3/t17-,18-,19-,20-,21-,22+,23-,24-,26+,28?,29+,30+,31-/m1/s1. The van der Waals surface area contributed by atoms with Crippen LogP contribution in [0.1, 0.15) is 45.4 Å². The van der Waals surface area contributed by atoms with Crippen molar-refractivity contribution in [3.05, 3.63) is 12.2 Å². The first-order valence-corrected chi connectivity index (χ1v) is 15.0. The summed E-state index contributed by atoms with van der Waals surface area (Å²) in [6, 6.07) is 0. The third-order valence-corrected chi connectivity index (χ3v) is 12.1. The minimum atomic E-state index is -1.12. The highest BCUT2D eigenvalue weighted by Gasteiger charge is 2.85. The van der Waals surface area contributed by atoms with Crippen LogP contribution in [0.2, 0.25) is 0 Å². The molecule has 2 saturated heterocycles. The van der Waals surface area contributed by atoms with Gasteiger partial charge in [0.2, 0.25) is 0 Å². The molecule has 11 nitrogen and oxygen atoms in total. The lowest BCUT2D eigenvalue weighted by Crippen LogP contribution is -2.63. The van der Waals surface area contributed by atoms with Gasteiger partial charge < -0.3 is 42.6 Å². The number of carbonyl (C=O) groups excluding carboxylic acids is 2. The van der Waals surface area contributed by atoms with Gasteiger partial charge in [-0.15, -0.1) is 0 Å². The summed E-state index contributed by atoms with van der Waals surface area (Å²) in [5.74, 6) is -1.66. The van der Waals surface area contributed by atoms with Gasteiger partial charge in [-0.1, -0.05) is 6.58 Å². The molecule has 1 unspecified atom stereocenters. The zero-order valence-electron chi connectivity index (χ0n) is 25.8. The minimum Gasteiger partial charge on any atom is -0.469 e. The highest BCUT2D eigenvalue weighted by molar-refractivity contribution is 5.86. The van der Waals surface area contributed by atoms with Gasteiger partial charge in [-0.2, -0.15) is 0 Å². The summed E-state index contributed by atoms with van der Waals surface area (Å²) in [6.45, 7) is 6.56. The van der Waals surface area contributed by atoms with Gasteiger partial charge in [0.15, 0.2) is 6.29 Å². The molecule has 4 saturated carbocycles. The molecule has 2 heterocycles. The van der Waals surface area contributed by atoms with Crippen LogP contribution in [-0.4, -0.2) is 109 Å². The maximum Gasteiger partial charge on any atom is 0.315 e. The van der Waals surface area contributed by atoms with E-state index in [1.165, 1.54) is 7.11 Å². The van der Waals surface area contributed by atoms with E-state index in [9.17, 15) is 9.59 Å². The van der Waals surface area contributed by atoms with E-state index < -0.39 is 70.7 Å². The van der Waals surface area contributed by atoms with Crippen molar-refractivity contribution in [2.75, 3.05) is 49.3 Å². The Morgan fingerprint density at radius 2 is 1.71 bits per heavy atom. The first-order chi connectivity index (χ1) is 20.1. The normalized spacial score (nSPS) is 50.8. The number of rotatable bonds is 9. The lowest BCUT2D eigenvalue weighted by Gasteiger charge is -2.49. The second-order valence-electron chi connectivity index (χ2n) is 13.3. The Bertz CT molecular complexity index is 1110. The number of hydrogen-bond donors (Lipinski definition) is 0. The van der Waals surface area contributed by atoms with E-state index in [-0.39, 0.29) is 24.5 Å².